The van der Waals surface area contributed by atoms with E-state index < -0.39 is 31.7 Å². The summed E-state index contributed by atoms with van der Waals surface area (Å²) in [6.45, 7) is -1.13. The van der Waals surface area contributed by atoms with Crippen molar-refractivity contribution in [1.29, 1.82) is 0 Å². The van der Waals surface area contributed by atoms with Crippen LogP contribution in [0.2, 0.25) is 0 Å². The number of hydrogen-bond acceptors (Lipinski definition) is 6. The van der Waals surface area contributed by atoms with Gasteiger partial charge in [0.25, 0.3) is 0 Å². The Morgan fingerprint density at radius 1 is 1.17 bits per heavy atom. The van der Waals surface area contributed by atoms with Crippen molar-refractivity contribution in [3.8, 4) is 0 Å². The Labute approximate surface area is 70.2 Å². The highest BCUT2D eigenvalue weighted by Gasteiger charge is 2.20. The van der Waals surface area contributed by atoms with E-state index in [1.807, 2.05) is 0 Å². The van der Waals surface area contributed by atoms with Gasteiger partial charge in [0, 0.05) is 6.54 Å². The maximum atomic E-state index is 9.06. The topological polar surface area (TPSA) is 116 Å². The van der Waals surface area contributed by atoms with E-state index in [1.165, 1.54) is 0 Å². The predicted molar refractivity (Wildman–Crippen MR) is 40.1 cm³/mol. The quantitative estimate of drug-likeness (QED) is 0.279. The van der Waals surface area contributed by atoms with E-state index in [1.54, 1.807) is 0 Å². The second-order valence-electron chi connectivity index (χ2n) is 2.30. The largest absolute Gasteiger partial charge is 0.394 e. The van der Waals surface area contributed by atoms with Crippen LogP contribution in [-0.4, -0.2) is 58.7 Å². The van der Waals surface area contributed by atoms with E-state index in [-0.39, 0.29) is 6.54 Å². The summed E-state index contributed by atoms with van der Waals surface area (Å²) in [5, 5.41) is 34.8. The molecule has 3 atom stereocenters. The molecule has 6 nitrogen and oxygen atoms in total. The third-order valence-corrected chi connectivity index (χ3v) is 1.34. The molecule has 0 amide bonds. The summed E-state index contributed by atoms with van der Waals surface area (Å²) in [5.41, 5.74) is 5.08. The van der Waals surface area contributed by atoms with Crippen LogP contribution >= 0.6 is 0 Å². The van der Waals surface area contributed by atoms with E-state index in [9.17, 15) is 0 Å². The summed E-state index contributed by atoms with van der Waals surface area (Å²) in [5.74, 6) is 0. The fourth-order valence-corrected chi connectivity index (χ4v) is 0.652. The fourth-order valence-electron chi connectivity index (χ4n) is 0.652. The molecule has 0 fully saturated rings. The summed E-state index contributed by atoms with van der Waals surface area (Å²) in [7, 11) is 0. The van der Waals surface area contributed by atoms with Gasteiger partial charge < -0.3 is 30.9 Å². The molecule has 0 aliphatic carbocycles. The zero-order chi connectivity index (χ0) is 9.56. The van der Waals surface area contributed by atoms with Crippen molar-refractivity contribution in [2.75, 3.05) is 19.8 Å². The van der Waals surface area contributed by atoms with E-state index in [0.29, 0.717) is 0 Å². The SMILES string of the molecule is NCC(O)C(CO)OC(O)CO. The first-order chi connectivity index (χ1) is 5.65. The van der Waals surface area contributed by atoms with E-state index in [4.69, 9.17) is 26.2 Å². The number of aliphatic hydroxyl groups is 4. The molecule has 0 rings (SSSR count). The molecule has 12 heavy (non-hydrogen) atoms. The van der Waals surface area contributed by atoms with Gasteiger partial charge in [0.15, 0.2) is 6.29 Å². The van der Waals surface area contributed by atoms with Gasteiger partial charge in [-0.15, -0.1) is 0 Å². The van der Waals surface area contributed by atoms with Crippen LogP contribution in [0.15, 0.2) is 0 Å². The lowest BCUT2D eigenvalue weighted by molar-refractivity contribution is -0.188. The molecule has 0 saturated carbocycles. The summed E-state index contributed by atoms with van der Waals surface area (Å²) in [6.07, 6.45) is -3.41. The minimum atomic E-state index is -1.40. The zero-order valence-electron chi connectivity index (χ0n) is 6.63. The van der Waals surface area contributed by atoms with Crippen molar-refractivity contribution in [2.45, 2.75) is 18.5 Å². The zero-order valence-corrected chi connectivity index (χ0v) is 6.63. The number of ether oxygens (including phenoxy) is 1. The fraction of sp³-hybridized carbons (Fsp3) is 1.00. The van der Waals surface area contributed by atoms with Crippen LogP contribution in [0.5, 0.6) is 0 Å². The van der Waals surface area contributed by atoms with Gasteiger partial charge >= 0.3 is 0 Å². The Balaban J connectivity index is 3.81. The van der Waals surface area contributed by atoms with Crippen LogP contribution < -0.4 is 5.73 Å². The standard InChI is InChI=1S/C6H15NO5/c7-1-4(10)5(2-8)12-6(11)3-9/h4-6,8-11H,1-3,7H2. The number of hydrogen-bond donors (Lipinski definition) is 5. The number of aliphatic hydroxyl groups excluding tert-OH is 4. The van der Waals surface area contributed by atoms with Gasteiger partial charge in [-0.25, -0.2) is 0 Å². The third kappa shape index (κ3) is 3.96. The molecule has 0 aromatic carbocycles. The van der Waals surface area contributed by atoms with E-state index in [0.717, 1.165) is 0 Å². The van der Waals surface area contributed by atoms with Crippen LogP contribution in [0.1, 0.15) is 0 Å². The molecule has 0 saturated heterocycles. The van der Waals surface area contributed by atoms with Crippen LogP contribution in [0.4, 0.5) is 0 Å². The molecule has 6 N–H and O–H groups in total. The number of rotatable bonds is 6. The van der Waals surface area contributed by atoms with Crippen LogP contribution in [-0.2, 0) is 4.74 Å². The molecule has 0 aliphatic rings. The minimum Gasteiger partial charge on any atom is -0.394 e. The lowest BCUT2D eigenvalue weighted by Crippen LogP contribution is -2.41. The molecule has 0 spiro atoms. The lowest BCUT2D eigenvalue weighted by atomic mass is 10.2. The second-order valence-corrected chi connectivity index (χ2v) is 2.30. The first kappa shape index (κ1) is 11.8. The van der Waals surface area contributed by atoms with Gasteiger partial charge in [-0.2, -0.15) is 0 Å². The molecule has 6 heteroatoms. The second kappa shape index (κ2) is 6.30. The summed E-state index contributed by atoms with van der Waals surface area (Å²) < 4.78 is 4.63. The van der Waals surface area contributed by atoms with Crippen LogP contribution in [0, 0.1) is 0 Å². The molecule has 0 aliphatic heterocycles. The molecular formula is C6H15NO5. The highest BCUT2D eigenvalue weighted by molar-refractivity contribution is 4.68. The molecule has 74 valence electrons. The summed E-state index contributed by atoms with van der Waals surface area (Å²) >= 11 is 0. The van der Waals surface area contributed by atoms with Gasteiger partial charge in [-0.1, -0.05) is 0 Å². The Kier molecular flexibility index (Phi) is 6.17. The average molecular weight is 181 g/mol. The van der Waals surface area contributed by atoms with Gasteiger partial charge in [-0.3, -0.25) is 0 Å². The maximum Gasteiger partial charge on any atom is 0.178 e. The Morgan fingerprint density at radius 3 is 2.08 bits per heavy atom. The molecule has 0 bridgehead atoms. The van der Waals surface area contributed by atoms with Gasteiger partial charge in [-0.05, 0) is 0 Å². The summed E-state index contributed by atoms with van der Waals surface area (Å²) in [6, 6.07) is 0. The average Bonchev–Trinajstić information content (AvgIpc) is 2.12. The molecule has 0 aromatic rings. The first-order valence-corrected chi connectivity index (χ1v) is 3.59. The Morgan fingerprint density at radius 2 is 1.75 bits per heavy atom. The van der Waals surface area contributed by atoms with Gasteiger partial charge in [0.2, 0.25) is 0 Å². The van der Waals surface area contributed by atoms with Gasteiger partial charge in [0.05, 0.1) is 19.3 Å². The maximum absolute atomic E-state index is 9.06. The normalized spacial score (nSPS) is 18.8. The Hall–Kier alpha value is -0.240. The smallest absolute Gasteiger partial charge is 0.178 e. The predicted octanol–water partition coefficient (Wildman–Crippen LogP) is -3.01. The molecule has 0 heterocycles. The van der Waals surface area contributed by atoms with Crippen molar-refractivity contribution in [1.82, 2.24) is 0 Å². The van der Waals surface area contributed by atoms with Crippen molar-refractivity contribution in [3.63, 3.8) is 0 Å². The van der Waals surface area contributed by atoms with Crippen molar-refractivity contribution >= 4 is 0 Å². The van der Waals surface area contributed by atoms with Crippen molar-refractivity contribution in [3.05, 3.63) is 0 Å². The van der Waals surface area contributed by atoms with E-state index >= 15 is 0 Å². The van der Waals surface area contributed by atoms with Crippen molar-refractivity contribution in [2.24, 2.45) is 5.73 Å². The molecular weight excluding hydrogens is 166 g/mol. The van der Waals surface area contributed by atoms with Gasteiger partial charge in [0.1, 0.15) is 6.10 Å². The lowest BCUT2D eigenvalue weighted by Gasteiger charge is -2.22. The number of nitrogens with two attached hydrogens (primary N) is 1. The molecule has 3 unspecified atom stereocenters. The third-order valence-electron chi connectivity index (χ3n) is 1.34. The highest BCUT2D eigenvalue weighted by Crippen LogP contribution is 2.00. The first-order valence-electron chi connectivity index (χ1n) is 3.59. The highest BCUT2D eigenvalue weighted by atomic mass is 16.6. The van der Waals surface area contributed by atoms with E-state index in [2.05, 4.69) is 4.74 Å². The van der Waals surface area contributed by atoms with Crippen molar-refractivity contribution < 1.29 is 25.2 Å². The van der Waals surface area contributed by atoms with Crippen LogP contribution in [0.25, 0.3) is 0 Å². The minimum absolute atomic E-state index is 0.0800. The summed E-state index contributed by atoms with van der Waals surface area (Å²) in [4.78, 5) is 0. The monoisotopic (exact) mass is 181 g/mol. The van der Waals surface area contributed by atoms with Crippen LogP contribution in [0.3, 0.4) is 0 Å². The molecule has 0 radical (unpaired) electrons. The Bertz CT molecular complexity index is 112. The molecule has 0 aromatic heterocycles.